The van der Waals surface area contributed by atoms with Crippen LogP contribution in [0.2, 0.25) is 0 Å². The highest BCUT2D eigenvalue weighted by Crippen LogP contribution is 2.30. The van der Waals surface area contributed by atoms with Gasteiger partial charge in [-0.2, -0.15) is 0 Å². The molecule has 104 valence electrons. The molecular formula is C14H18F2N2O. The molecule has 3 nitrogen and oxygen atoms in total. The summed E-state index contributed by atoms with van der Waals surface area (Å²) in [4.78, 5) is 4.17. The minimum atomic E-state index is -0.580. The van der Waals surface area contributed by atoms with Gasteiger partial charge in [-0.3, -0.25) is 4.90 Å². The van der Waals surface area contributed by atoms with E-state index in [2.05, 4.69) is 4.90 Å². The SMILES string of the molecule is OCc1cc(F)c(N2CCN(C3CC3)CC2)c(F)c1. The van der Waals surface area contributed by atoms with Gasteiger partial charge in [0.15, 0.2) is 0 Å². The van der Waals surface area contributed by atoms with Gasteiger partial charge in [-0.05, 0) is 30.5 Å². The van der Waals surface area contributed by atoms with Gasteiger partial charge in [-0.25, -0.2) is 8.78 Å². The first kappa shape index (κ1) is 12.8. The molecule has 1 heterocycles. The molecule has 0 amide bonds. The summed E-state index contributed by atoms with van der Waals surface area (Å²) in [6.45, 7) is 2.70. The second kappa shape index (κ2) is 5.06. The van der Waals surface area contributed by atoms with E-state index in [1.807, 2.05) is 0 Å². The summed E-state index contributed by atoms with van der Waals surface area (Å²) in [5.41, 5.74) is 0.322. The number of rotatable bonds is 3. The lowest BCUT2D eigenvalue weighted by atomic mass is 10.1. The fraction of sp³-hybridized carbons (Fsp3) is 0.571. The number of benzene rings is 1. The Labute approximate surface area is 111 Å². The molecular weight excluding hydrogens is 250 g/mol. The molecule has 1 saturated carbocycles. The molecule has 0 atom stereocenters. The van der Waals surface area contributed by atoms with E-state index in [0.717, 1.165) is 13.1 Å². The zero-order chi connectivity index (χ0) is 13.4. The number of hydrogen-bond donors (Lipinski definition) is 1. The topological polar surface area (TPSA) is 26.7 Å². The molecule has 1 N–H and O–H groups in total. The number of aliphatic hydroxyl groups excluding tert-OH is 1. The van der Waals surface area contributed by atoms with E-state index in [1.165, 1.54) is 25.0 Å². The molecule has 1 aliphatic heterocycles. The summed E-state index contributed by atoms with van der Waals surface area (Å²) in [6.07, 6.45) is 2.52. The second-order valence-electron chi connectivity index (χ2n) is 5.32. The largest absolute Gasteiger partial charge is 0.392 e. The van der Waals surface area contributed by atoms with Gasteiger partial charge >= 0.3 is 0 Å². The molecule has 1 aromatic rings. The second-order valence-corrected chi connectivity index (χ2v) is 5.32. The highest BCUT2D eigenvalue weighted by atomic mass is 19.1. The number of nitrogens with zero attached hydrogens (tertiary/aromatic N) is 2. The third-order valence-corrected chi connectivity index (χ3v) is 3.95. The highest BCUT2D eigenvalue weighted by Gasteiger charge is 2.32. The zero-order valence-corrected chi connectivity index (χ0v) is 10.8. The van der Waals surface area contributed by atoms with Crippen LogP contribution in [0.5, 0.6) is 0 Å². The number of hydrogen-bond acceptors (Lipinski definition) is 3. The van der Waals surface area contributed by atoms with Crippen molar-refractivity contribution in [2.24, 2.45) is 0 Å². The Hall–Kier alpha value is -1.20. The van der Waals surface area contributed by atoms with Gasteiger partial charge in [0.2, 0.25) is 0 Å². The lowest BCUT2D eigenvalue weighted by molar-refractivity contribution is 0.246. The highest BCUT2D eigenvalue weighted by molar-refractivity contribution is 5.51. The molecule has 1 aliphatic carbocycles. The van der Waals surface area contributed by atoms with Crippen molar-refractivity contribution in [3.05, 3.63) is 29.3 Å². The van der Waals surface area contributed by atoms with E-state index in [4.69, 9.17) is 5.11 Å². The van der Waals surface area contributed by atoms with Crippen molar-refractivity contribution in [3.63, 3.8) is 0 Å². The van der Waals surface area contributed by atoms with Crippen molar-refractivity contribution in [1.82, 2.24) is 4.90 Å². The molecule has 2 aliphatic rings. The Morgan fingerprint density at radius 1 is 1.05 bits per heavy atom. The third-order valence-electron chi connectivity index (χ3n) is 3.95. The van der Waals surface area contributed by atoms with Gasteiger partial charge in [0.25, 0.3) is 0 Å². The minimum Gasteiger partial charge on any atom is -0.392 e. The lowest BCUT2D eigenvalue weighted by Crippen LogP contribution is -2.47. The standard InChI is InChI=1S/C14H18F2N2O/c15-12-7-10(9-19)8-13(16)14(12)18-5-3-17(4-6-18)11-1-2-11/h7-8,11,19H,1-6,9H2. The fourth-order valence-electron chi connectivity index (χ4n) is 2.76. The predicted octanol–water partition coefficient (Wildman–Crippen LogP) is 1.74. The Morgan fingerprint density at radius 3 is 2.11 bits per heavy atom. The van der Waals surface area contributed by atoms with E-state index in [-0.39, 0.29) is 17.9 Å². The van der Waals surface area contributed by atoms with Crippen LogP contribution >= 0.6 is 0 Å². The molecule has 1 saturated heterocycles. The summed E-state index contributed by atoms with van der Waals surface area (Å²) in [7, 11) is 0. The van der Waals surface area contributed by atoms with Crippen LogP contribution in [-0.4, -0.2) is 42.2 Å². The minimum absolute atomic E-state index is 0.0487. The number of halogens is 2. The van der Waals surface area contributed by atoms with Crippen LogP contribution in [0.15, 0.2) is 12.1 Å². The maximum atomic E-state index is 13.9. The summed E-state index contributed by atoms with van der Waals surface area (Å²) in [5.74, 6) is -1.16. The predicted molar refractivity (Wildman–Crippen MR) is 69.1 cm³/mol. The van der Waals surface area contributed by atoms with Crippen molar-refractivity contribution in [2.45, 2.75) is 25.5 Å². The molecule has 3 rings (SSSR count). The first-order valence-corrected chi connectivity index (χ1v) is 6.77. The zero-order valence-electron chi connectivity index (χ0n) is 10.8. The smallest absolute Gasteiger partial charge is 0.149 e. The molecule has 19 heavy (non-hydrogen) atoms. The van der Waals surface area contributed by atoms with E-state index in [0.29, 0.717) is 19.1 Å². The molecule has 0 spiro atoms. The van der Waals surface area contributed by atoms with Crippen LogP contribution in [-0.2, 0) is 6.61 Å². The molecule has 0 unspecified atom stereocenters. The molecule has 0 bridgehead atoms. The third kappa shape index (κ3) is 2.58. The lowest BCUT2D eigenvalue weighted by Gasteiger charge is -2.36. The Morgan fingerprint density at radius 2 is 1.63 bits per heavy atom. The average molecular weight is 268 g/mol. The van der Waals surface area contributed by atoms with E-state index >= 15 is 0 Å². The molecule has 0 radical (unpaired) electrons. The molecule has 2 fully saturated rings. The van der Waals surface area contributed by atoms with Crippen molar-refractivity contribution < 1.29 is 13.9 Å². The Balaban J connectivity index is 1.75. The van der Waals surface area contributed by atoms with Gasteiger partial charge in [-0.1, -0.05) is 0 Å². The van der Waals surface area contributed by atoms with E-state index in [9.17, 15) is 8.78 Å². The van der Waals surface area contributed by atoms with Crippen molar-refractivity contribution in [2.75, 3.05) is 31.1 Å². The summed E-state index contributed by atoms with van der Waals surface area (Å²) >= 11 is 0. The van der Waals surface area contributed by atoms with Crippen LogP contribution in [0.3, 0.4) is 0 Å². The van der Waals surface area contributed by atoms with Crippen LogP contribution < -0.4 is 4.90 Å². The van der Waals surface area contributed by atoms with Crippen molar-refractivity contribution in [1.29, 1.82) is 0 Å². The number of aliphatic hydroxyl groups is 1. The average Bonchev–Trinajstić information content (AvgIpc) is 3.23. The molecule has 0 aromatic heterocycles. The van der Waals surface area contributed by atoms with Gasteiger partial charge in [-0.15, -0.1) is 0 Å². The van der Waals surface area contributed by atoms with Gasteiger partial charge < -0.3 is 10.0 Å². The van der Waals surface area contributed by atoms with Crippen LogP contribution in [0.25, 0.3) is 0 Å². The summed E-state index contributed by atoms with van der Waals surface area (Å²) in [5, 5.41) is 8.94. The molecule has 1 aromatic carbocycles. The van der Waals surface area contributed by atoms with E-state index in [1.54, 1.807) is 4.90 Å². The van der Waals surface area contributed by atoms with Crippen molar-refractivity contribution >= 4 is 5.69 Å². The summed E-state index contributed by atoms with van der Waals surface area (Å²) in [6, 6.07) is 3.13. The van der Waals surface area contributed by atoms with Crippen molar-refractivity contribution in [3.8, 4) is 0 Å². The van der Waals surface area contributed by atoms with Gasteiger partial charge in [0.05, 0.1) is 6.61 Å². The maximum Gasteiger partial charge on any atom is 0.149 e. The number of piperazine rings is 1. The van der Waals surface area contributed by atoms with E-state index < -0.39 is 11.6 Å². The normalized spacial score (nSPS) is 20.9. The quantitative estimate of drug-likeness (QED) is 0.904. The molecule has 5 heteroatoms. The Bertz CT molecular complexity index is 446. The fourth-order valence-corrected chi connectivity index (χ4v) is 2.76. The number of anilines is 1. The van der Waals surface area contributed by atoms with Crippen LogP contribution in [0.4, 0.5) is 14.5 Å². The monoisotopic (exact) mass is 268 g/mol. The first-order valence-electron chi connectivity index (χ1n) is 6.77. The van der Waals surface area contributed by atoms with Crippen LogP contribution in [0.1, 0.15) is 18.4 Å². The first-order chi connectivity index (χ1) is 9.19. The van der Waals surface area contributed by atoms with Gasteiger partial charge in [0, 0.05) is 32.2 Å². The van der Waals surface area contributed by atoms with Crippen LogP contribution in [0, 0.1) is 11.6 Å². The van der Waals surface area contributed by atoms with Gasteiger partial charge in [0.1, 0.15) is 17.3 Å². The maximum absolute atomic E-state index is 13.9. The Kier molecular flexibility index (Phi) is 3.41. The summed E-state index contributed by atoms with van der Waals surface area (Å²) < 4.78 is 27.9.